The van der Waals surface area contributed by atoms with Crippen molar-refractivity contribution < 1.29 is 13.9 Å². The fourth-order valence-corrected chi connectivity index (χ4v) is 4.85. The summed E-state index contributed by atoms with van der Waals surface area (Å²) in [5.41, 5.74) is 1.19. The molecule has 7 nitrogen and oxygen atoms in total. The van der Waals surface area contributed by atoms with Crippen LogP contribution in [0.2, 0.25) is 5.02 Å². The van der Waals surface area contributed by atoms with Crippen LogP contribution in [0.1, 0.15) is 49.4 Å². The topological polar surface area (TPSA) is 85.6 Å². The Morgan fingerprint density at radius 2 is 1.87 bits per heavy atom. The molecule has 9 heteroatoms. The molecule has 0 atom stereocenters. The number of rotatable bonds is 7. The highest BCUT2D eigenvalue weighted by molar-refractivity contribution is 6.32. The number of hydrogen-bond donors (Lipinski definition) is 1. The number of halogens is 2. The third-order valence-electron chi connectivity index (χ3n) is 6.53. The van der Waals surface area contributed by atoms with Gasteiger partial charge in [0.05, 0.1) is 27.8 Å². The molecule has 1 aliphatic rings. The maximum Gasteiger partial charge on any atom is 0.282 e. The highest BCUT2D eigenvalue weighted by atomic mass is 35.5. The van der Waals surface area contributed by atoms with E-state index in [-0.39, 0.29) is 28.8 Å². The number of aromatic nitrogens is 2. The number of amides is 1. The molecule has 0 saturated heterocycles. The van der Waals surface area contributed by atoms with Crippen molar-refractivity contribution in [1.82, 2.24) is 9.66 Å². The third-order valence-corrected chi connectivity index (χ3v) is 6.83. The molecular formula is C29H26ClFN4O3. The Hall–Kier alpha value is -4.04. The second kappa shape index (κ2) is 11.6. The normalized spacial score (nSPS) is 14.2. The van der Waals surface area contributed by atoms with E-state index >= 15 is 0 Å². The van der Waals surface area contributed by atoms with Crippen LogP contribution in [-0.4, -0.2) is 28.4 Å². The second-order valence-electron chi connectivity index (χ2n) is 9.19. The summed E-state index contributed by atoms with van der Waals surface area (Å²) in [5, 5.41) is 7.76. The lowest BCUT2D eigenvalue weighted by Gasteiger charge is -2.22. The SMILES string of the molecule is O=C(COc1ccc(C=Nn2c(C3CCCCC3)nc3ccccc3c2=O)cc1Cl)Nc1ccccc1F. The standard InChI is InChI=1S/C29H26ClFN4O3/c30-22-16-19(14-15-26(22)38-18-27(36)33-25-13-7-5-11-23(25)31)17-32-35-28(20-8-2-1-3-9-20)34-24-12-6-4-10-21(24)29(35)37/h4-7,10-17,20H,1-3,8-9,18H2,(H,33,36). The summed E-state index contributed by atoms with van der Waals surface area (Å²) in [4.78, 5) is 30.3. The van der Waals surface area contributed by atoms with Gasteiger partial charge in [0.15, 0.2) is 6.61 Å². The summed E-state index contributed by atoms with van der Waals surface area (Å²) in [7, 11) is 0. The van der Waals surface area contributed by atoms with E-state index in [4.69, 9.17) is 21.3 Å². The zero-order valence-corrected chi connectivity index (χ0v) is 21.3. The first-order valence-electron chi connectivity index (χ1n) is 12.5. The van der Waals surface area contributed by atoms with Gasteiger partial charge in [-0.25, -0.2) is 9.37 Å². The lowest BCUT2D eigenvalue weighted by atomic mass is 9.88. The molecule has 0 radical (unpaired) electrons. The fourth-order valence-electron chi connectivity index (χ4n) is 4.61. The van der Waals surface area contributed by atoms with Gasteiger partial charge in [-0.15, -0.1) is 0 Å². The quantitative estimate of drug-likeness (QED) is 0.290. The van der Waals surface area contributed by atoms with Crippen molar-refractivity contribution in [3.8, 4) is 5.75 Å². The summed E-state index contributed by atoms with van der Waals surface area (Å²) < 4.78 is 20.7. The van der Waals surface area contributed by atoms with Crippen LogP contribution in [0.3, 0.4) is 0 Å². The van der Waals surface area contributed by atoms with Crippen LogP contribution in [0.5, 0.6) is 5.75 Å². The molecule has 194 valence electrons. The Balaban J connectivity index is 1.34. The molecule has 1 aromatic heterocycles. The minimum absolute atomic E-state index is 0.0739. The molecule has 1 saturated carbocycles. The largest absolute Gasteiger partial charge is 0.482 e. The van der Waals surface area contributed by atoms with Crippen molar-refractivity contribution in [3.63, 3.8) is 0 Å². The molecule has 4 aromatic rings. The Labute approximate surface area is 223 Å². The second-order valence-corrected chi connectivity index (χ2v) is 9.60. The van der Waals surface area contributed by atoms with Gasteiger partial charge in [0, 0.05) is 5.92 Å². The number of ether oxygens (including phenoxy) is 1. The average molecular weight is 533 g/mol. The van der Waals surface area contributed by atoms with Crippen LogP contribution < -0.4 is 15.6 Å². The number of hydrogen-bond acceptors (Lipinski definition) is 5. The van der Waals surface area contributed by atoms with E-state index in [0.29, 0.717) is 28.0 Å². The van der Waals surface area contributed by atoms with Gasteiger partial charge in [-0.3, -0.25) is 9.59 Å². The van der Waals surface area contributed by atoms with Gasteiger partial charge in [0.25, 0.3) is 11.5 Å². The van der Waals surface area contributed by atoms with Crippen molar-refractivity contribution in [2.24, 2.45) is 5.10 Å². The molecule has 1 N–H and O–H groups in total. The van der Waals surface area contributed by atoms with Crippen molar-refractivity contribution in [3.05, 3.63) is 99.3 Å². The molecule has 5 rings (SSSR count). The van der Waals surface area contributed by atoms with E-state index in [1.54, 1.807) is 36.5 Å². The minimum Gasteiger partial charge on any atom is -0.482 e. The van der Waals surface area contributed by atoms with Gasteiger partial charge in [-0.05, 0) is 60.9 Å². The number of carbonyl (C=O) groups excluding carboxylic acids is 1. The van der Waals surface area contributed by atoms with Crippen LogP contribution in [0.25, 0.3) is 10.9 Å². The van der Waals surface area contributed by atoms with Gasteiger partial charge >= 0.3 is 0 Å². The van der Waals surface area contributed by atoms with E-state index in [1.165, 1.54) is 29.3 Å². The number of benzene rings is 3. The maximum absolute atomic E-state index is 13.7. The number of anilines is 1. The van der Waals surface area contributed by atoms with Crippen LogP contribution in [-0.2, 0) is 4.79 Å². The van der Waals surface area contributed by atoms with E-state index < -0.39 is 11.7 Å². The number of fused-ring (bicyclic) bond motifs is 1. The first-order valence-corrected chi connectivity index (χ1v) is 12.9. The summed E-state index contributed by atoms with van der Waals surface area (Å²) in [6.07, 6.45) is 6.91. The summed E-state index contributed by atoms with van der Waals surface area (Å²) >= 11 is 6.38. The van der Waals surface area contributed by atoms with Crippen LogP contribution in [0, 0.1) is 5.82 Å². The molecule has 1 amide bonds. The molecule has 1 fully saturated rings. The predicted octanol–water partition coefficient (Wildman–Crippen LogP) is 6.14. The van der Waals surface area contributed by atoms with E-state index in [0.717, 1.165) is 25.7 Å². The summed E-state index contributed by atoms with van der Waals surface area (Å²) in [6, 6.07) is 18.2. The van der Waals surface area contributed by atoms with Crippen molar-refractivity contribution in [1.29, 1.82) is 0 Å². The van der Waals surface area contributed by atoms with E-state index in [1.807, 2.05) is 18.2 Å². The molecule has 38 heavy (non-hydrogen) atoms. The molecule has 0 bridgehead atoms. The number of para-hydroxylation sites is 2. The molecule has 0 spiro atoms. The summed E-state index contributed by atoms with van der Waals surface area (Å²) in [6.45, 7) is -0.343. The molecule has 0 aliphatic heterocycles. The number of nitrogens with zero attached hydrogens (tertiary/aromatic N) is 3. The van der Waals surface area contributed by atoms with E-state index in [9.17, 15) is 14.0 Å². The smallest absolute Gasteiger partial charge is 0.282 e. The van der Waals surface area contributed by atoms with E-state index in [2.05, 4.69) is 10.4 Å². The van der Waals surface area contributed by atoms with Gasteiger partial charge in [0.2, 0.25) is 0 Å². The molecule has 3 aromatic carbocycles. The highest BCUT2D eigenvalue weighted by Crippen LogP contribution is 2.32. The van der Waals surface area contributed by atoms with Gasteiger partial charge < -0.3 is 10.1 Å². The van der Waals surface area contributed by atoms with Gasteiger partial charge in [-0.2, -0.15) is 9.78 Å². The minimum atomic E-state index is -0.533. The van der Waals surface area contributed by atoms with Crippen LogP contribution >= 0.6 is 11.6 Å². The first kappa shape index (κ1) is 25.6. The maximum atomic E-state index is 13.7. The van der Waals surface area contributed by atoms with Gasteiger partial charge in [-0.1, -0.05) is 55.1 Å². The average Bonchev–Trinajstić information content (AvgIpc) is 2.94. The fraction of sp³-hybridized carbons (Fsp3) is 0.241. The monoisotopic (exact) mass is 532 g/mol. The molecule has 0 unspecified atom stereocenters. The zero-order valence-electron chi connectivity index (χ0n) is 20.6. The predicted molar refractivity (Wildman–Crippen MR) is 147 cm³/mol. The molecule has 1 heterocycles. The lowest BCUT2D eigenvalue weighted by Crippen LogP contribution is -2.25. The Morgan fingerprint density at radius 1 is 1.11 bits per heavy atom. The summed E-state index contributed by atoms with van der Waals surface area (Å²) in [5.74, 6) is 0.0923. The lowest BCUT2D eigenvalue weighted by molar-refractivity contribution is -0.118. The Bertz CT molecular complexity index is 1560. The third kappa shape index (κ3) is 5.75. The zero-order chi connectivity index (χ0) is 26.5. The Kier molecular flexibility index (Phi) is 7.79. The number of carbonyl (C=O) groups is 1. The van der Waals surface area contributed by atoms with Crippen molar-refractivity contribution in [2.45, 2.75) is 38.0 Å². The first-order chi connectivity index (χ1) is 18.5. The van der Waals surface area contributed by atoms with Gasteiger partial charge in [0.1, 0.15) is 17.4 Å². The molecule has 1 aliphatic carbocycles. The highest BCUT2D eigenvalue weighted by Gasteiger charge is 2.22. The van der Waals surface area contributed by atoms with Crippen molar-refractivity contribution in [2.75, 3.05) is 11.9 Å². The Morgan fingerprint density at radius 3 is 2.66 bits per heavy atom. The van der Waals surface area contributed by atoms with Crippen LogP contribution in [0.4, 0.5) is 10.1 Å². The number of nitrogens with one attached hydrogen (secondary N) is 1. The van der Waals surface area contributed by atoms with Crippen molar-refractivity contribution >= 4 is 40.3 Å². The molecular weight excluding hydrogens is 507 g/mol. The van der Waals surface area contributed by atoms with Crippen LogP contribution in [0.15, 0.2) is 76.6 Å².